The molecule has 0 spiro atoms. The molecule has 0 bridgehead atoms. The number of rotatable bonds is 6. The monoisotopic (exact) mass is 464 g/mol. The predicted octanol–water partition coefficient (Wildman–Crippen LogP) is 4.58. The van der Waals surface area contributed by atoms with E-state index in [9.17, 15) is 4.79 Å². The van der Waals surface area contributed by atoms with Crippen LogP contribution in [-0.2, 0) is 0 Å². The maximum atomic E-state index is 12.8. The van der Waals surface area contributed by atoms with Crippen LogP contribution in [0.2, 0.25) is 0 Å². The molecule has 5 rings (SSSR count). The number of anilines is 4. The summed E-state index contributed by atoms with van der Waals surface area (Å²) in [4.78, 5) is 25.5. The van der Waals surface area contributed by atoms with Crippen LogP contribution < -0.4 is 15.5 Å². The van der Waals surface area contributed by atoms with E-state index in [0.717, 1.165) is 28.1 Å². The van der Waals surface area contributed by atoms with Crippen molar-refractivity contribution < 1.29 is 4.79 Å². The molecular weight excluding hydrogens is 440 g/mol. The Kier molecular flexibility index (Phi) is 5.80. The van der Waals surface area contributed by atoms with Crippen LogP contribution in [0.1, 0.15) is 16.2 Å². The van der Waals surface area contributed by atoms with Gasteiger partial charge in [0.05, 0.1) is 16.9 Å². The number of fused-ring (bicyclic) bond motifs is 1. The van der Waals surface area contributed by atoms with Gasteiger partial charge in [-0.3, -0.25) is 4.79 Å². The molecule has 9 nitrogen and oxygen atoms in total. The number of para-hydroxylation sites is 2. The van der Waals surface area contributed by atoms with E-state index in [1.807, 2.05) is 97.9 Å². The van der Waals surface area contributed by atoms with Crippen molar-refractivity contribution in [1.29, 1.82) is 0 Å². The third-order valence-corrected chi connectivity index (χ3v) is 5.39. The Morgan fingerprint density at radius 1 is 0.829 bits per heavy atom. The van der Waals surface area contributed by atoms with Crippen LogP contribution in [0, 0.1) is 6.92 Å². The molecule has 2 aromatic heterocycles. The molecular formula is C26H24N8O. The molecule has 0 radical (unpaired) electrons. The van der Waals surface area contributed by atoms with Crippen LogP contribution in [-0.4, -0.2) is 45.0 Å². The van der Waals surface area contributed by atoms with E-state index < -0.39 is 0 Å². The van der Waals surface area contributed by atoms with Crippen LogP contribution in [0.5, 0.6) is 0 Å². The second kappa shape index (κ2) is 9.22. The van der Waals surface area contributed by atoms with E-state index in [0.29, 0.717) is 17.3 Å². The Bertz CT molecular complexity index is 1490. The summed E-state index contributed by atoms with van der Waals surface area (Å²) < 4.78 is 0. The van der Waals surface area contributed by atoms with Crippen LogP contribution in [0.25, 0.3) is 16.6 Å². The number of carbonyl (C=O) groups excluding carboxylic acids is 1. The predicted molar refractivity (Wildman–Crippen MR) is 138 cm³/mol. The third-order valence-electron chi connectivity index (χ3n) is 5.39. The van der Waals surface area contributed by atoms with Crippen LogP contribution in [0.15, 0.2) is 78.9 Å². The lowest BCUT2D eigenvalue weighted by atomic mass is 10.2. The van der Waals surface area contributed by atoms with Gasteiger partial charge in [-0.25, -0.2) is 4.98 Å². The highest BCUT2D eigenvalue weighted by Crippen LogP contribution is 2.25. The number of nitrogens with zero attached hydrogens (tertiary/aromatic N) is 6. The first-order valence-corrected chi connectivity index (χ1v) is 11.1. The molecule has 0 saturated carbocycles. The number of hydrogen-bond acceptors (Lipinski definition) is 7. The summed E-state index contributed by atoms with van der Waals surface area (Å²) in [7, 11) is 3.91. The van der Waals surface area contributed by atoms with Gasteiger partial charge in [0.2, 0.25) is 5.95 Å². The second-order valence-electron chi connectivity index (χ2n) is 8.20. The highest BCUT2D eigenvalue weighted by Gasteiger charge is 2.17. The average Bonchev–Trinajstić information content (AvgIpc) is 3.27. The molecule has 0 aliphatic carbocycles. The van der Waals surface area contributed by atoms with Crippen molar-refractivity contribution in [2.75, 3.05) is 29.6 Å². The van der Waals surface area contributed by atoms with Crippen LogP contribution in [0.3, 0.4) is 0 Å². The fraction of sp³-hybridized carbons (Fsp3) is 0.115. The molecule has 1 amide bonds. The fourth-order valence-electron chi connectivity index (χ4n) is 3.68. The Morgan fingerprint density at radius 3 is 2.26 bits per heavy atom. The van der Waals surface area contributed by atoms with Crippen molar-refractivity contribution in [2.45, 2.75) is 6.92 Å². The average molecular weight is 465 g/mol. The molecule has 3 aromatic carbocycles. The summed E-state index contributed by atoms with van der Waals surface area (Å²) in [5.74, 6) is 1.01. The maximum Gasteiger partial charge on any atom is 0.278 e. The van der Waals surface area contributed by atoms with Gasteiger partial charge in [0.1, 0.15) is 5.82 Å². The van der Waals surface area contributed by atoms with Crippen molar-refractivity contribution in [1.82, 2.24) is 25.0 Å². The highest BCUT2D eigenvalue weighted by atomic mass is 16.2. The minimum absolute atomic E-state index is 0.275. The first kappa shape index (κ1) is 22.0. The lowest BCUT2D eigenvalue weighted by Gasteiger charge is -2.16. The van der Waals surface area contributed by atoms with Crippen molar-refractivity contribution in [3.8, 4) is 5.69 Å². The molecule has 9 heteroatoms. The van der Waals surface area contributed by atoms with E-state index in [1.54, 1.807) is 6.92 Å². The molecule has 2 heterocycles. The van der Waals surface area contributed by atoms with E-state index in [-0.39, 0.29) is 11.6 Å². The maximum absolute atomic E-state index is 12.8. The molecule has 0 atom stereocenters. The number of amides is 1. The normalized spacial score (nSPS) is 10.8. The zero-order chi connectivity index (χ0) is 24.4. The standard InChI is InChI=1S/C26H24N8O/c1-17-23(32-34(31-17)20-9-5-4-6-10-20)25(35)27-18-13-15-19(16-14-18)28-26-29-22-12-8-7-11-21(22)24(30-26)33(2)3/h4-16H,1-3H3,(H,27,35)(H,28,29,30). The topological polar surface area (TPSA) is 101 Å². The quantitative estimate of drug-likeness (QED) is 0.379. The van der Waals surface area contributed by atoms with E-state index in [2.05, 4.69) is 30.8 Å². The smallest absolute Gasteiger partial charge is 0.278 e. The van der Waals surface area contributed by atoms with Gasteiger partial charge in [0, 0.05) is 30.9 Å². The zero-order valence-corrected chi connectivity index (χ0v) is 19.6. The van der Waals surface area contributed by atoms with Gasteiger partial charge >= 0.3 is 0 Å². The Hall–Kier alpha value is -4.79. The number of hydrogen-bond donors (Lipinski definition) is 2. The van der Waals surface area contributed by atoms with Gasteiger partial charge in [-0.2, -0.15) is 14.9 Å². The first-order chi connectivity index (χ1) is 17.0. The third kappa shape index (κ3) is 4.65. The molecule has 0 saturated heterocycles. The number of carbonyl (C=O) groups is 1. The molecule has 0 aliphatic rings. The van der Waals surface area contributed by atoms with Gasteiger partial charge < -0.3 is 15.5 Å². The minimum atomic E-state index is -0.320. The molecule has 0 fully saturated rings. The molecule has 0 unspecified atom stereocenters. The molecule has 5 aromatic rings. The summed E-state index contributed by atoms with van der Waals surface area (Å²) in [6, 6.07) is 24.7. The molecule has 2 N–H and O–H groups in total. The molecule has 0 aliphatic heterocycles. The van der Waals surface area contributed by atoms with Gasteiger partial charge in [-0.15, -0.1) is 5.10 Å². The largest absolute Gasteiger partial charge is 0.362 e. The SMILES string of the molecule is Cc1nn(-c2ccccc2)nc1C(=O)Nc1ccc(Nc2nc(N(C)C)c3ccccc3n2)cc1. The lowest BCUT2D eigenvalue weighted by molar-refractivity contribution is 0.102. The summed E-state index contributed by atoms with van der Waals surface area (Å²) >= 11 is 0. The van der Waals surface area contributed by atoms with Gasteiger partial charge in [0.15, 0.2) is 5.69 Å². The Labute approximate surface area is 202 Å². The summed E-state index contributed by atoms with van der Waals surface area (Å²) in [6.45, 7) is 1.76. The van der Waals surface area contributed by atoms with Gasteiger partial charge in [-0.05, 0) is 55.5 Å². The van der Waals surface area contributed by atoms with Crippen molar-refractivity contribution in [3.05, 3.63) is 90.3 Å². The zero-order valence-electron chi connectivity index (χ0n) is 19.6. The van der Waals surface area contributed by atoms with E-state index >= 15 is 0 Å². The van der Waals surface area contributed by atoms with Crippen molar-refractivity contribution in [2.24, 2.45) is 0 Å². The lowest BCUT2D eigenvalue weighted by Crippen LogP contribution is -2.14. The number of benzene rings is 3. The number of nitrogens with one attached hydrogen (secondary N) is 2. The van der Waals surface area contributed by atoms with Crippen molar-refractivity contribution in [3.63, 3.8) is 0 Å². The number of aromatic nitrogens is 5. The highest BCUT2D eigenvalue weighted by molar-refractivity contribution is 6.03. The van der Waals surface area contributed by atoms with Gasteiger partial charge in [0.25, 0.3) is 5.91 Å². The van der Waals surface area contributed by atoms with Gasteiger partial charge in [-0.1, -0.05) is 30.3 Å². The molecule has 35 heavy (non-hydrogen) atoms. The van der Waals surface area contributed by atoms with E-state index in [1.165, 1.54) is 4.80 Å². The van der Waals surface area contributed by atoms with Crippen LogP contribution in [0.4, 0.5) is 23.1 Å². The summed E-state index contributed by atoms with van der Waals surface area (Å²) in [5.41, 5.74) is 3.92. The summed E-state index contributed by atoms with van der Waals surface area (Å²) in [6.07, 6.45) is 0. The van der Waals surface area contributed by atoms with Crippen LogP contribution >= 0.6 is 0 Å². The first-order valence-electron chi connectivity index (χ1n) is 11.1. The van der Waals surface area contributed by atoms with Crippen molar-refractivity contribution >= 4 is 40.0 Å². The Morgan fingerprint density at radius 2 is 1.51 bits per heavy atom. The molecule has 174 valence electrons. The minimum Gasteiger partial charge on any atom is -0.362 e. The summed E-state index contributed by atoms with van der Waals surface area (Å²) in [5, 5.41) is 15.8. The number of aryl methyl sites for hydroxylation is 1. The Balaban J connectivity index is 1.31. The fourth-order valence-corrected chi connectivity index (χ4v) is 3.68. The second-order valence-corrected chi connectivity index (χ2v) is 8.20. The van der Waals surface area contributed by atoms with E-state index in [4.69, 9.17) is 0 Å².